The summed E-state index contributed by atoms with van der Waals surface area (Å²) in [5.41, 5.74) is 0.654. The van der Waals surface area contributed by atoms with E-state index in [-0.39, 0.29) is 17.5 Å². The lowest BCUT2D eigenvalue weighted by molar-refractivity contribution is -0.118. The van der Waals surface area contributed by atoms with E-state index in [1.165, 1.54) is 6.07 Å². The summed E-state index contributed by atoms with van der Waals surface area (Å²) < 4.78 is 1.63. The molecule has 5 heteroatoms. The molecule has 0 radical (unpaired) electrons. The van der Waals surface area contributed by atoms with E-state index in [4.69, 9.17) is 0 Å². The Kier molecular flexibility index (Phi) is 4.74. The third-order valence-corrected chi connectivity index (χ3v) is 3.34. The second kappa shape index (κ2) is 6.52. The highest BCUT2D eigenvalue weighted by molar-refractivity contribution is 5.94. The van der Waals surface area contributed by atoms with Crippen LogP contribution in [0.4, 0.5) is 5.69 Å². The third-order valence-electron chi connectivity index (χ3n) is 3.34. The molecule has 1 fully saturated rings. The van der Waals surface area contributed by atoms with E-state index < -0.39 is 0 Å². The Labute approximate surface area is 113 Å². The lowest BCUT2D eigenvalue weighted by atomic mass is 10.0. The van der Waals surface area contributed by atoms with Crippen LogP contribution in [0.1, 0.15) is 32.6 Å². The molecule has 0 saturated carbocycles. The van der Waals surface area contributed by atoms with Gasteiger partial charge in [0, 0.05) is 18.8 Å². The number of aromatic nitrogens is 1. The van der Waals surface area contributed by atoms with Gasteiger partial charge in [-0.2, -0.15) is 0 Å². The molecular formula is C14H21N3O2. The zero-order chi connectivity index (χ0) is 13.7. The molecule has 1 aliphatic rings. The van der Waals surface area contributed by atoms with Crippen molar-refractivity contribution >= 4 is 11.6 Å². The van der Waals surface area contributed by atoms with Crippen LogP contribution < -0.4 is 16.2 Å². The molecule has 1 aromatic rings. The van der Waals surface area contributed by atoms with E-state index in [1.54, 1.807) is 16.8 Å². The number of hydrogen-bond acceptors (Lipinski definition) is 3. The van der Waals surface area contributed by atoms with Gasteiger partial charge >= 0.3 is 0 Å². The minimum Gasteiger partial charge on any atom is -0.323 e. The second-order valence-corrected chi connectivity index (χ2v) is 4.94. The maximum atomic E-state index is 12.1. The summed E-state index contributed by atoms with van der Waals surface area (Å²) in [6.07, 6.45) is 5.69. The van der Waals surface area contributed by atoms with Gasteiger partial charge in [0.2, 0.25) is 5.91 Å². The molecule has 104 valence electrons. The van der Waals surface area contributed by atoms with Crippen molar-refractivity contribution in [3.8, 4) is 0 Å². The molecular weight excluding hydrogens is 242 g/mol. The predicted molar refractivity (Wildman–Crippen MR) is 75.3 cm³/mol. The molecule has 1 amide bonds. The van der Waals surface area contributed by atoms with Crippen LogP contribution in [-0.2, 0) is 11.3 Å². The fourth-order valence-electron chi connectivity index (χ4n) is 2.33. The zero-order valence-electron chi connectivity index (χ0n) is 11.3. The molecule has 1 atom stereocenters. The number of aryl methyl sites for hydroxylation is 1. The van der Waals surface area contributed by atoms with Crippen LogP contribution in [0.25, 0.3) is 0 Å². The SMILES string of the molecule is CCCn1cc(NC(=O)C2CCCCN2)ccc1=O. The summed E-state index contributed by atoms with van der Waals surface area (Å²) in [7, 11) is 0. The number of carbonyl (C=O) groups excluding carboxylic acids is 1. The normalized spacial score (nSPS) is 19.1. The zero-order valence-corrected chi connectivity index (χ0v) is 11.3. The molecule has 1 saturated heterocycles. The number of pyridine rings is 1. The average Bonchev–Trinajstić information content (AvgIpc) is 2.44. The standard InChI is InChI=1S/C14H21N3O2/c1-2-9-17-10-11(6-7-13(17)18)16-14(19)12-5-3-4-8-15-12/h6-7,10,12,15H,2-5,8-9H2,1H3,(H,16,19). The molecule has 0 aromatic carbocycles. The fraction of sp³-hybridized carbons (Fsp3) is 0.571. The van der Waals surface area contributed by atoms with Gasteiger partial charge in [0.15, 0.2) is 0 Å². The average molecular weight is 263 g/mol. The van der Waals surface area contributed by atoms with Gasteiger partial charge in [-0.3, -0.25) is 9.59 Å². The summed E-state index contributed by atoms with van der Waals surface area (Å²) in [5.74, 6) is -0.0126. The van der Waals surface area contributed by atoms with Crippen LogP contribution in [0.3, 0.4) is 0 Å². The predicted octanol–water partition coefficient (Wildman–Crippen LogP) is 1.34. The summed E-state index contributed by atoms with van der Waals surface area (Å²) in [5, 5.41) is 6.09. The molecule has 1 aliphatic heterocycles. The lowest BCUT2D eigenvalue weighted by Gasteiger charge is -2.22. The number of nitrogens with zero attached hydrogens (tertiary/aromatic N) is 1. The smallest absolute Gasteiger partial charge is 0.250 e. The molecule has 0 spiro atoms. The van der Waals surface area contributed by atoms with E-state index >= 15 is 0 Å². The van der Waals surface area contributed by atoms with Crippen LogP contribution in [0.2, 0.25) is 0 Å². The topological polar surface area (TPSA) is 63.1 Å². The van der Waals surface area contributed by atoms with E-state index in [1.807, 2.05) is 6.92 Å². The van der Waals surface area contributed by atoms with E-state index in [9.17, 15) is 9.59 Å². The van der Waals surface area contributed by atoms with Crippen molar-refractivity contribution in [1.29, 1.82) is 0 Å². The molecule has 0 bridgehead atoms. The Morgan fingerprint density at radius 2 is 2.32 bits per heavy atom. The van der Waals surface area contributed by atoms with Crippen LogP contribution in [0.5, 0.6) is 0 Å². The highest BCUT2D eigenvalue weighted by Gasteiger charge is 2.20. The number of piperidine rings is 1. The Balaban J connectivity index is 2.03. The highest BCUT2D eigenvalue weighted by Crippen LogP contribution is 2.10. The Morgan fingerprint density at radius 3 is 3.00 bits per heavy atom. The van der Waals surface area contributed by atoms with Gasteiger partial charge in [-0.1, -0.05) is 13.3 Å². The minimum atomic E-state index is -0.111. The van der Waals surface area contributed by atoms with Gasteiger partial charge in [-0.15, -0.1) is 0 Å². The second-order valence-electron chi connectivity index (χ2n) is 4.94. The van der Waals surface area contributed by atoms with Gasteiger partial charge in [0.25, 0.3) is 5.56 Å². The monoisotopic (exact) mass is 263 g/mol. The Morgan fingerprint density at radius 1 is 1.47 bits per heavy atom. The molecule has 2 heterocycles. The molecule has 0 aliphatic carbocycles. The number of carbonyl (C=O) groups is 1. The van der Waals surface area contributed by atoms with Gasteiger partial charge in [-0.25, -0.2) is 0 Å². The number of nitrogens with one attached hydrogen (secondary N) is 2. The summed E-state index contributed by atoms with van der Waals surface area (Å²) in [6, 6.07) is 3.05. The summed E-state index contributed by atoms with van der Waals surface area (Å²) in [6.45, 7) is 3.58. The van der Waals surface area contributed by atoms with Crippen molar-refractivity contribution in [2.24, 2.45) is 0 Å². The molecule has 2 rings (SSSR count). The van der Waals surface area contributed by atoms with Crippen LogP contribution in [-0.4, -0.2) is 23.1 Å². The highest BCUT2D eigenvalue weighted by atomic mass is 16.2. The van der Waals surface area contributed by atoms with Gasteiger partial charge in [0.1, 0.15) is 0 Å². The van der Waals surface area contributed by atoms with Crippen LogP contribution in [0, 0.1) is 0 Å². The Bertz CT molecular complexity index is 490. The van der Waals surface area contributed by atoms with Crippen LogP contribution in [0.15, 0.2) is 23.1 Å². The first-order valence-electron chi connectivity index (χ1n) is 6.95. The van der Waals surface area contributed by atoms with Crippen molar-refractivity contribution < 1.29 is 4.79 Å². The lowest BCUT2D eigenvalue weighted by Crippen LogP contribution is -2.43. The molecule has 1 unspecified atom stereocenters. The Hall–Kier alpha value is -1.62. The number of anilines is 1. The van der Waals surface area contributed by atoms with E-state index in [0.29, 0.717) is 12.2 Å². The van der Waals surface area contributed by atoms with Crippen molar-refractivity contribution in [3.63, 3.8) is 0 Å². The maximum Gasteiger partial charge on any atom is 0.250 e. The number of rotatable bonds is 4. The van der Waals surface area contributed by atoms with Crippen molar-refractivity contribution in [1.82, 2.24) is 9.88 Å². The third kappa shape index (κ3) is 3.67. The van der Waals surface area contributed by atoms with E-state index in [0.717, 1.165) is 32.2 Å². The number of hydrogen-bond donors (Lipinski definition) is 2. The van der Waals surface area contributed by atoms with Gasteiger partial charge in [-0.05, 0) is 31.9 Å². The van der Waals surface area contributed by atoms with Crippen molar-refractivity contribution in [3.05, 3.63) is 28.7 Å². The fourth-order valence-corrected chi connectivity index (χ4v) is 2.33. The molecule has 19 heavy (non-hydrogen) atoms. The number of amides is 1. The maximum absolute atomic E-state index is 12.1. The first kappa shape index (κ1) is 13.8. The quantitative estimate of drug-likeness (QED) is 0.861. The summed E-state index contributed by atoms with van der Waals surface area (Å²) in [4.78, 5) is 23.6. The van der Waals surface area contributed by atoms with Crippen molar-refractivity contribution in [2.75, 3.05) is 11.9 Å². The first-order valence-corrected chi connectivity index (χ1v) is 6.95. The molecule has 1 aromatic heterocycles. The van der Waals surface area contributed by atoms with Gasteiger partial charge in [0.05, 0.1) is 11.7 Å². The summed E-state index contributed by atoms with van der Waals surface area (Å²) >= 11 is 0. The van der Waals surface area contributed by atoms with Crippen molar-refractivity contribution in [2.45, 2.75) is 45.2 Å². The largest absolute Gasteiger partial charge is 0.323 e. The minimum absolute atomic E-state index is 0.0126. The van der Waals surface area contributed by atoms with Crippen LogP contribution >= 0.6 is 0 Å². The van der Waals surface area contributed by atoms with Gasteiger partial charge < -0.3 is 15.2 Å². The molecule has 5 nitrogen and oxygen atoms in total. The molecule has 2 N–H and O–H groups in total. The first-order chi connectivity index (χ1) is 9.20. The van der Waals surface area contributed by atoms with E-state index in [2.05, 4.69) is 10.6 Å².